The van der Waals surface area contributed by atoms with Crippen LogP contribution in [0.5, 0.6) is 0 Å². The monoisotopic (exact) mass is 272 g/mol. The van der Waals surface area contributed by atoms with Crippen LogP contribution in [0.3, 0.4) is 0 Å². The van der Waals surface area contributed by atoms with Crippen molar-refractivity contribution in [3.8, 4) is 0 Å². The molecule has 4 nitrogen and oxygen atoms in total. The van der Waals surface area contributed by atoms with Crippen LogP contribution in [0.2, 0.25) is 0 Å². The number of nitrogens with one attached hydrogen (secondary N) is 1. The van der Waals surface area contributed by atoms with Crippen molar-refractivity contribution in [1.82, 2.24) is 19.9 Å². The summed E-state index contributed by atoms with van der Waals surface area (Å²) in [6, 6.07) is 6.73. The highest BCUT2D eigenvalue weighted by Crippen LogP contribution is 2.26. The fraction of sp³-hybridized carbons (Fsp3) is 0.625. The van der Waals surface area contributed by atoms with E-state index in [0.717, 1.165) is 30.4 Å². The van der Waals surface area contributed by atoms with Crippen molar-refractivity contribution in [3.05, 3.63) is 30.2 Å². The van der Waals surface area contributed by atoms with Crippen LogP contribution in [0.4, 0.5) is 0 Å². The van der Waals surface area contributed by atoms with Crippen LogP contribution in [0.1, 0.15) is 44.9 Å². The molecular formula is C16H24N4. The van der Waals surface area contributed by atoms with E-state index in [-0.39, 0.29) is 0 Å². The second-order valence-electron chi connectivity index (χ2n) is 5.88. The Labute approximate surface area is 120 Å². The first-order chi connectivity index (χ1) is 9.86. The molecule has 1 saturated carbocycles. The summed E-state index contributed by atoms with van der Waals surface area (Å²) in [5.41, 5.74) is 0.936. The first kappa shape index (κ1) is 13.6. The van der Waals surface area contributed by atoms with Crippen molar-refractivity contribution < 1.29 is 0 Å². The van der Waals surface area contributed by atoms with Gasteiger partial charge in [-0.05, 0) is 43.7 Å². The zero-order valence-electron chi connectivity index (χ0n) is 12.3. The first-order valence-corrected chi connectivity index (χ1v) is 7.89. The van der Waals surface area contributed by atoms with Crippen LogP contribution < -0.4 is 5.32 Å². The molecule has 3 rings (SSSR count). The number of pyridine rings is 1. The van der Waals surface area contributed by atoms with Crippen LogP contribution >= 0.6 is 0 Å². The van der Waals surface area contributed by atoms with Crippen molar-refractivity contribution in [2.24, 2.45) is 5.92 Å². The zero-order chi connectivity index (χ0) is 13.8. The SMILES string of the molecule is CCC1CCC(NCCc2nnc3ccccn23)CC1. The molecule has 0 aromatic carbocycles. The maximum atomic E-state index is 4.28. The molecule has 1 fully saturated rings. The van der Waals surface area contributed by atoms with Crippen molar-refractivity contribution in [2.75, 3.05) is 6.54 Å². The standard InChI is InChI=1S/C16H24N4/c1-2-13-6-8-14(9-7-13)17-11-10-16-19-18-15-5-3-4-12-20(15)16/h3-5,12-14,17H,2,6-11H2,1H3. The minimum atomic E-state index is 0.706. The highest BCUT2D eigenvalue weighted by Gasteiger charge is 2.19. The predicted octanol–water partition coefficient (Wildman–Crippen LogP) is 2.83. The van der Waals surface area contributed by atoms with Crippen LogP contribution in [0.15, 0.2) is 24.4 Å². The molecule has 0 saturated heterocycles. The largest absolute Gasteiger partial charge is 0.314 e. The third kappa shape index (κ3) is 3.01. The van der Waals surface area contributed by atoms with Gasteiger partial charge in [-0.15, -0.1) is 10.2 Å². The van der Waals surface area contributed by atoms with Gasteiger partial charge in [0.2, 0.25) is 0 Å². The summed E-state index contributed by atoms with van der Waals surface area (Å²) in [6.07, 6.45) is 9.77. The Morgan fingerprint density at radius 3 is 2.85 bits per heavy atom. The summed E-state index contributed by atoms with van der Waals surface area (Å²) in [4.78, 5) is 0. The number of hydrogen-bond acceptors (Lipinski definition) is 3. The number of rotatable bonds is 5. The molecule has 0 unspecified atom stereocenters. The van der Waals surface area contributed by atoms with Gasteiger partial charge in [-0.25, -0.2) is 0 Å². The highest BCUT2D eigenvalue weighted by atomic mass is 15.2. The Bertz CT molecular complexity index is 540. The van der Waals surface area contributed by atoms with Crippen LogP contribution in [-0.2, 0) is 6.42 Å². The Balaban J connectivity index is 1.48. The van der Waals surface area contributed by atoms with E-state index in [0.29, 0.717) is 6.04 Å². The van der Waals surface area contributed by atoms with E-state index in [4.69, 9.17) is 0 Å². The van der Waals surface area contributed by atoms with E-state index in [1.165, 1.54) is 32.1 Å². The lowest BCUT2D eigenvalue weighted by molar-refractivity contribution is 0.287. The molecule has 2 aromatic rings. The fourth-order valence-corrected chi connectivity index (χ4v) is 3.22. The summed E-state index contributed by atoms with van der Waals surface area (Å²) >= 11 is 0. The molecule has 0 aliphatic heterocycles. The molecule has 4 heteroatoms. The van der Waals surface area contributed by atoms with Gasteiger partial charge in [0, 0.05) is 25.2 Å². The van der Waals surface area contributed by atoms with Gasteiger partial charge in [0.15, 0.2) is 5.65 Å². The van der Waals surface area contributed by atoms with Crippen molar-refractivity contribution in [2.45, 2.75) is 51.5 Å². The maximum absolute atomic E-state index is 4.28. The molecule has 20 heavy (non-hydrogen) atoms. The highest BCUT2D eigenvalue weighted by molar-refractivity contribution is 5.36. The van der Waals surface area contributed by atoms with E-state index >= 15 is 0 Å². The lowest BCUT2D eigenvalue weighted by Gasteiger charge is -2.28. The average Bonchev–Trinajstić information content (AvgIpc) is 2.92. The van der Waals surface area contributed by atoms with E-state index < -0.39 is 0 Å². The fourth-order valence-electron chi connectivity index (χ4n) is 3.22. The number of hydrogen-bond donors (Lipinski definition) is 1. The summed E-state index contributed by atoms with van der Waals surface area (Å²) in [6.45, 7) is 3.31. The quantitative estimate of drug-likeness (QED) is 0.910. The first-order valence-electron chi connectivity index (χ1n) is 7.89. The van der Waals surface area contributed by atoms with E-state index in [2.05, 4.69) is 26.8 Å². The zero-order valence-corrected chi connectivity index (χ0v) is 12.3. The molecule has 0 atom stereocenters. The van der Waals surface area contributed by atoms with Crippen LogP contribution in [0, 0.1) is 5.92 Å². The Morgan fingerprint density at radius 2 is 2.05 bits per heavy atom. The Hall–Kier alpha value is -1.42. The molecule has 2 heterocycles. The lowest BCUT2D eigenvalue weighted by Crippen LogP contribution is -2.34. The molecule has 1 aliphatic carbocycles. The Morgan fingerprint density at radius 1 is 1.20 bits per heavy atom. The molecule has 0 radical (unpaired) electrons. The van der Waals surface area contributed by atoms with Gasteiger partial charge in [-0.3, -0.25) is 4.40 Å². The molecule has 108 valence electrons. The van der Waals surface area contributed by atoms with E-state index in [1.54, 1.807) is 0 Å². The number of nitrogens with zero attached hydrogens (tertiary/aromatic N) is 3. The summed E-state index contributed by atoms with van der Waals surface area (Å²) < 4.78 is 2.08. The minimum absolute atomic E-state index is 0.706. The summed E-state index contributed by atoms with van der Waals surface area (Å²) in [5.74, 6) is 2.02. The van der Waals surface area contributed by atoms with Gasteiger partial charge in [0.25, 0.3) is 0 Å². The van der Waals surface area contributed by atoms with Gasteiger partial charge in [-0.2, -0.15) is 0 Å². The second-order valence-corrected chi connectivity index (χ2v) is 5.88. The number of aromatic nitrogens is 3. The van der Waals surface area contributed by atoms with Gasteiger partial charge in [-0.1, -0.05) is 19.4 Å². The minimum Gasteiger partial charge on any atom is -0.314 e. The molecule has 1 N–H and O–H groups in total. The third-order valence-electron chi connectivity index (χ3n) is 4.59. The Kier molecular flexibility index (Phi) is 4.31. The van der Waals surface area contributed by atoms with Crippen LogP contribution in [-0.4, -0.2) is 27.2 Å². The van der Waals surface area contributed by atoms with Gasteiger partial charge in [0.05, 0.1) is 0 Å². The predicted molar refractivity (Wildman–Crippen MR) is 80.7 cm³/mol. The summed E-state index contributed by atoms with van der Waals surface area (Å²) in [7, 11) is 0. The molecule has 0 bridgehead atoms. The van der Waals surface area contributed by atoms with E-state index in [1.807, 2.05) is 24.4 Å². The van der Waals surface area contributed by atoms with Crippen LogP contribution in [0.25, 0.3) is 5.65 Å². The van der Waals surface area contributed by atoms with Crippen molar-refractivity contribution in [1.29, 1.82) is 0 Å². The molecular weight excluding hydrogens is 248 g/mol. The molecule has 1 aliphatic rings. The smallest absolute Gasteiger partial charge is 0.160 e. The molecule has 2 aromatic heterocycles. The lowest BCUT2D eigenvalue weighted by atomic mass is 9.84. The maximum Gasteiger partial charge on any atom is 0.160 e. The van der Waals surface area contributed by atoms with Crippen molar-refractivity contribution >= 4 is 5.65 Å². The van der Waals surface area contributed by atoms with Gasteiger partial charge >= 0.3 is 0 Å². The van der Waals surface area contributed by atoms with Gasteiger partial charge < -0.3 is 5.32 Å². The van der Waals surface area contributed by atoms with E-state index in [9.17, 15) is 0 Å². The topological polar surface area (TPSA) is 42.2 Å². The normalized spacial score (nSPS) is 23.2. The second kappa shape index (κ2) is 6.35. The molecule has 0 spiro atoms. The molecule has 0 amide bonds. The van der Waals surface area contributed by atoms with Crippen molar-refractivity contribution in [3.63, 3.8) is 0 Å². The third-order valence-corrected chi connectivity index (χ3v) is 4.59. The summed E-state index contributed by atoms with van der Waals surface area (Å²) in [5, 5.41) is 12.2. The van der Waals surface area contributed by atoms with Gasteiger partial charge in [0.1, 0.15) is 5.82 Å². The number of fused-ring (bicyclic) bond motifs is 1. The average molecular weight is 272 g/mol.